The van der Waals surface area contributed by atoms with Crippen LogP contribution in [0.2, 0.25) is 0 Å². The zero-order chi connectivity index (χ0) is 15.0. The molecular weight excluding hydrogens is 292 g/mol. The van der Waals surface area contributed by atoms with Crippen LogP contribution in [0.15, 0.2) is 28.8 Å². The SMILES string of the molecule is FC(F)(F)c1cc(Oc2nc[c]o2)cc(C(F)(F)F)c1. The van der Waals surface area contributed by atoms with E-state index in [9.17, 15) is 26.3 Å². The Kier molecular flexibility index (Phi) is 3.36. The first-order valence-corrected chi connectivity index (χ1v) is 4.95. The predicted molar refractivity (Wildman–Crippen MR) is 51.9 cm³/mol. The highest BCUT2D eigenvalue weighted by molar-refractivity contribution is 5.38. The summed E-state index contributed by atoms with van der Waals surface area (Å²) in [5.74, 6) is -0.692. The van der Waals surface area contributed by atoms with E-state index in [-0.39, 0.29) is 6.07 Å². The van der Waals surface area contributed by atoms with Crippen LogP contribution in [0.3, 0.4) is 0 Å². The second-order valence-electron chi connectivity index (χ2n) is 3.59. The Morgan fingerprint density at radius 2 is 1.50 bits per heavy atom. The summed E-state index contributed by atoms with van der Waals surface area (Å²) in [7, 11) is 0. The average Bonchev–Trinajstić information content (AvgIpc) is 2.79. The van der Waals surface area contributed by atoms with Crippen LogP contribution in [-0.2, 0) is 12.4 Å². The summed E-state index contributed by atoms with van der Waals surface area (Å²) in [4.78, 5) is 3.39. The van der Waals surface area contributed by atoms with E-state index in [4.69, 9.17) is 0 Å². The molecule has 2 rings (SSSR count). The Morgan fingerprint density at radius 3 is 1.90 bits per heavy atom. The van der Waals surface area contributed by atoms with Gasteiger partial charge in [0.15, 0.2) is 6.26 Å². The standard InChI is InChI=1S/C11H4F6NO2/c12-10(13,14)6-3-7(11(15,16)17)5-8(4-6)20-9-18-1-2-19-9/h1,3-5H. The van der Waals surface area contributed by atoms with Crippen LogP contribution in [0.25, 0.3) is 0 Å². The molecule has 2 aromatic rings. The van der Waals surface area contributed by atoms with Gasteiger partial charge < -0.3 is 9.15 Å². The summed E-state index contributed by atoms with van der Waals surface area (Å²) in [6.45, 7) is 0. The van der Waals surface area contributed by atoms with E-state index in [1.807, 2.05) is 0 Å². The maximum absolute atomic E-state index is 12.5. The molecule has 0 aliphatic carbocycles. The zero-order valence-corrected chi connectivity index (χ0v) is 9.34. The lowest BCUT2D eigenvalue weighted by Crippen LogP contribution is -2.11. The molecule has 0 atom stereocenters. The Morgan fingerprint density at radius 1 is 0.950 bits per heavy atom. The lowest BCUT2D eigenvalue weighted by molar-refractivity contribution is -0.143. The van der Waals surface area contributed by atoms with Crippen molar-refractivity contribution in [2.75, 3.05) is 0 Å². The summed E-state index contributed by atoms with van der Waals surface area (Å²) in [5, 5.41) is 0. The maximum Gasteiger partial charge on any atom is 0.416 e. The summed E-state index contributed by atoms with van der Waals surface area (Å²) in [6, 6.07) is 0.827. The number of nitrogens with zero attached hydrogens (tertiary/aromatic N) is 1. The molecule has 1 aromatic heterocycles. The topological polar surface area (TPSA) is 35.3 Å². The molecule has 9 heteroatoms. The molecule has 1 heterocycles. The third kappa shape index (κ3) is 3.22. The molecule has 1 aromatic carbocycles. The first kappa shape index (κ1) is 14.2. The number of rotatable bonds is 2. The number of oxazole rings is 1. The fourth-order valence-corrected chi connectivity index (χ4v) is 1.32. The van der Waals surface area contributed by atoms with Gasteiger partial charge in [-0.25, -0.2) is 0 Å². The van der Waals surface area contributed by atoms with Crippen molar-refractivity contribution in [1.29, 1.82) is 0 Å². The van der Waals surface area contributed by atoms with Crippen LogP contribution in [0, 0.1) is 6.26 Å². The first-order valence-electron chi connectivity index (χ1n) is 4.95. The second-order valence-corrected chi connectivity index (χ2v) is 3.59. The van der Waals surface area contributed by atoms with Crippen LogP contribution in [-0.4, -0.2) is 4.98 Å². The normalized spacial score (nSPS) is 12.5. The summed E-state index contributed by atoms with van der Waals surface area (Å²) < 4.78 is 84.4. The maximum atomic E-state index is 12.5. The summed E-state index contributed by atoms with van der Waals surface area (Å²) in [5.41, 5.74) is -2.98. The monoisotopic (exact) mass is 296 g/mol. The van der Waals surface area contributed by atoms with Crippen molar-refractivity contribution in [3.8, 4) is 11.8 Å². The van der Waals surface area contributed by atoms with E-state index in [0.717, 1.165) is 6.20 Å². The minimum absolute atomic E-state index is 0.00541. The van der Waals surface area contributed by atoms with Crippen molar-refractivity contribution in [2.24, 2.45) is 0 Å². The molecule has 0 saturated carbocycles. The van der Waals surface area contributed by atoms with Gasteiger partial charge in [0, 0.05) is 0 Å². The van der Waals surface area contributed by atoms with E-state index in [1.54, 1.807) is 0 Å². The quantitative estimate of drug-likeness (QED) is 0.775. The smallest absolute Gasteiger partial charge is 0.411 e. The van der Waals surface area contributed by atoms with E-state index < -0.39 is 35.3 Å². The molecule has 0 bridgehead atoms. The lowest BCUT2D eigenvalue weighted by Gasteiger charge is -2.13. The fraction of sp³-hybridized carbons (Fsp3) is 0.182. The highest BCUT2D eigenvalue weighted by Gasteiger charge is 2.37. The average molecular weight is 296 g/mol. The molecule has 0 aliphatic heterocycles. The molecule has 0 N–H and O–H groups in total. The number of benzene rings is 1. The Labute approximate surface area is 107 Å². The van der Waals surface area contributed by atoms with Crippen molar-refractivity contribution in [3.05, 3.63) is 41.8 Å². The highest BCUT2D eigenvalue weighted by atomic mass is 19.4. The molecule has 0 spiro atoms. The predicted octanol–water partition coefficient (Wildman–Crippen LogP) is 4.30. The number of aromatic nitrogens is 1. The van der Waals surface area contributed by atoms with Crippen molar-refractivity contribution in [3.63, 3.8) is 0 Å². The number of hydrogen-bond donors (Lipinski definition) is 0. The van der Waals surface area contributed by atoms with Gasteiger partial charge in [0.1, 0.15) is 5.75 Å². The van der Waals surface area contributed by atoms with Crippen molar-refractivity contribution in [2.45, 2.75) is 12.4 Å². The van der Waals surface area contributed by atoms with Gasteiger partial charge >= 0.3 is 18.4 Å². The second kappa shape index (κ2) is 4.73. The minimum Gasteiger partial charge on any atom is -0.411 e. The van der Waals surface area contributed by atoms with E-state index >= 15 is 0 Å². The van der Waals surface area contributed by atoms with E-state index in [1.165, 1.54) is 0 Å². The minimum atomic E-state index is -4.94. The van der Waals surface area contributed by atoms with Gasteiger partial charge in [0.25, 0.3) is 0 Å². The van der Waals surface area contributed by atoms with Gasteiger partial charge in [-0.15, -0.1) is 0 Å². The van der Waals surface area contributed by atoms with Gasteiger partial charge in [-0.1, -0.05) is 0 Å². The van der Waals surface area contributed by atoms with Crippen molar-refractivity contribution < 1.29 is 35.5 Å². The lowest BCUT2D eigenvalue weighted by atomic mass is 10.1. The summed E-state index contributed by atoms with van der Waals surface area (Å²) >= 11 is 0. The van der Waals surface area contributed by atoms with Gasteiger partial charge in [-0.05, 0) is 18.2 Å². The fourth-order valence-electron chi connectivity index (χ4n) is 1.32. The van der Waals surface area contributed by atoms with Gasteiger partial charge in [-0.3, -0.25) is 0 Å². The molecule has 20 heavy (non-hydrogen) atoms. The Hall–Kier alpha value is -2.19. The third-order valence-electron chi connectivity index (χ3n) is 2.14. The molecular formula is C11H4F6NO2. The van der Waals surface area contributed by atoms with Gasteiger partial charge in [0.05, 0.1) is 17.3 Å². The highest BCUT2D eigenvalue weighted by Crippen LogP contribution is 2.38. The van der Waals surface area contributed by atoms with Crippen LogP contribution < -0.4 is 4.74 Å². The molecule has 0 fully saturated rings. The van der Waals surface area contributed by atoms with Crippen LogP contribution in [0.1, 0.15) is 11.1 Å². The van der Waals surface area contributed by atoms with Crippen LogP contribution >= 0.6 is 0 Å². The number of halogens is 6. The Balaban J connectivity index is 2.46. The Bertz CT molecular complexity index is 556. The number of alkyl halides is 6. The van der Waals surface area contributed by atoms with Crippen molar-refractivity contribution >= 4 is 0 Å². The number of ether oxygens (including phenoxy) is 1. The van der Waals surface area contributed by atoms with Gasteiger partial charge in [0.2, 0.25) is 0 Å². The molecule has 0 unspecified atom stereocenters. The largest absolute Gasteiger partial charge is 0.416 e. The molecule has 1 radical (unpaired) electrons. The van der Waals surface area contributed by atoms with Gasteiger partial charge in [-0.2, -0.15) is 31.3 Å². The van der Waals surface area contributed by atoms with Crippen LogP contribution in [0.5, 0.6) is 11.8 Å². The van der Waals surface area contributed by atoms with Crippen LogP contribution in [0.4, 0.5) is 26.3 Å². The molecule has 0 aliphatic rings. The summed E-state index contributed by atoms with van der Waals surface area (Å²) in [6.07, 6.45) is -7.31. The zero-order valence-electron chi connectivity index (χ0n) is 9.34. The third-order valence-corrected chi connectivity index (χ3v) is 2.14. The molecule has 3 nitrogen and oxygen atoms in total. The van der Waals surface area contributed by atoms with E-state index in [0.29, 0.717) is 12.1 Å². The van der Waals surface area contributed by atoms with Crippen molar-refractivity contribution in [1.82, 2.24) is 4.98 Å². The molecule has 0 saturated heterocycles. The number of hydrogen-bond acceptors (Lipinski definition) is 3. The van der Waals surface area contributed by atoms with E-state index in [2.05, 4.69) is 20.4 Å². The molecule has 107 valence electrons. The molecule has 0 amide bonds. The first-order chi connectivity index (χ1) is 9.16.